The molecule has 5 atom stereocenters. The molecule has 1 aliphatic heterocycles. The molecule has 22 heavy (non-hydrogen) atoms. The van der Waals surface area contributed by atoms with Crippen molar-refractivity contribution >= 4 is 5.91 Å². The zero-order chi connectivity index (χ0) is 15.7. The Bertz CT molecular complexity index is 615. The van der Waals surface area contributed by atoms with Crippen LogP contribution in [0.5, 0.6) is 0 Å². The van der Waals surface area contributed by atoms with E-state index in [2.05, 4.69) is 38.4 Å². The Balaban J connectivity index is 1.82. The molecule has 118 valence electrons. The van der Waals surface area contributed by atoms with Gasteiger partial charge in [0.25, 0.3) is 0 Å². The van der Waals surface area contributed by atoms with Crippen molar-refractivity contribution < 1.29 is 4.79 Å². The smallest absolute Gasteiger partial charge is 0.226 e. The SMILES string of the molecule is C=C1C(=C)[C@@H]2[C@@H](CC[C@]3(C)C(=O)NC[C@@H]23)[C@@]2(C)CCCC=C12. The molecule has 0 spiro atoms. The first-order chi connectivity index (χ1) is 10.4. The van der Waals surface area contributed by atoms with Crippen LogP contribution in [0, 0.1) is 28.6 Å². The quantitative estimate of drug-likeness (QED) is 0.719. The topological polar surface area (TPSA) is 29.1 Å². The lowest BCUT2D eigenvalue weighted by Crippen LogP contribution is -2.52. The van der Waals surface area contributed by atoms with Gasteiger partial charge in [0.05, 0.1) is 5.41 Å². The van der Waals surface area contributed by atoms with Gasteiger partial charge in [-0.25, -0.2) is 0 Å². The highest BCUT2D eigenvalue weighted by Gasteiger charge is 2.60. The second-order valence-corrected chi connectivity index (χ2v) is 8.34. The average Bonchev–Trinajstić information content (AvgIpc) is 2.80. The third-order valence-electron chi connectivity index (χ3n) is 7.46. The van der Waals surface area contributed by atoms with E-state index in [1.807, 2.05) is 0 Å². The van der Waals surface area contributed by atoms with Gasteiger partial charge < -0.3 is 5.32 Å². The van der Waals surface area contributed by atoms with Gasteiger partial charge in [-0.3, -0.25) is 4.79 Å². The Labute approximate surface area is 133 Å². The first-order valence-corrected chi connectivity index (χ1v) is 8.77. The van der Waals surface area contributed by atoms with Gasteiger partial charge in [-0.2, -0.15) is 0 Å². The first-order valence-electron chi connectivity index (χ1n) is 8.77. The molecule has 1 amide bonds. The molecule has 1 saturated heterocycles. The average molecular weight is 297 g/mol. The van der Waals surface area contributed by atoms with Gasteiger partial charge in [0.1, 0.15) is 0 Å². The molecule has 3 aliphatic carbocycles. The number of carbonyl (C=O) groups is 1. The van der Waals surface area contributed by atoms with Crippen LogP contribution in [0.1, 0.15) is 46.0 Å². The summed E-state index contributed by atoms with van der Waals surface area (Å²) in [4.78, 5) is 12.4. The van der Waals surface area contributed by atoms with Crippen molar-refractivity contribution in [2.24, 2.45) is 28.6 Å². The highest BCUT2D eigenvalue weighted by Crippen LogP contribution is 2.64. The number of rotatable bonds is 0. The van der Waals surface area contributed by atoms with Crippen LogP contribution in [0.2, 0.25) is 0 Å². The molecular weight excluding hydrogens is 270 g/mol. The highest BCUT2D eigenvalue weighted by atomic mass is 16.2. The van der Waals surface area contributed by atoms with Crippen LogP contribution in [-0.2, 0) is 4.79 Å². The molecule has 2 nitrogen and oxygen atoms in total. The molecule has 0 aromatic heterocycles. The number of nitrogens with one attached hydrogen (secondary N) is 1. The maximum atomic E-state index is 12.4. The van der Waals surface area contributed by atoms with Crippen molar-refractivity contribution in [2.45, 2.75) is 46.0 Å². The summed E-state index contributed by atoms with van der Waals surface area (Å²) in [6, 6.07) is 0. The van der Waals surface area contributed by atoms with Gasteiger partial charge in [0.2, 0.25) is 5.91 Å². The molecule has 0 unspecified atom stereocenters. The Morgan fingerprint density at radius 3 is 2.73 bits per heavy atom. The summed E-state index contributed by atoms with van der Waals surface area (Å²) in [5.74, 6) is 1.70. The van der Waals surface area contributed by atoms with Crippen molar-refractivity contribution in [3.8, 4) is 0 Å². The fourth-order valence-corrected chi connectivity index (χ4v) is 6.05. The minimum absolute atomic E-state index is 0.198. The van der Waals surface area contributed by atoms with Gasteiger partial charge >= 0.3 is 0 Å². The molecule has 4 aliphatic rings. The van der Waals surface area contributed by atoms with E-state index >= 15 is 0 Å². The molecule has 0 aromatic carbocycles. The molecule has 4 rings (SSSR count). The molecule has 0 bridgehead atoms. The van der Waals surface area contributed by atoms with Crippen LogP contribution in [0.3, 0.4) is 0 Å². The van der Waals surface area contributed by atoms with E-state index < -0.39 is 0 Å². The van der Waals surface area contributed by atoms with Crippen LogP contribution >= 0.6 is 0 Å². The lowest BCUT2D eigenvalue weighted by Gasteiger charge is -2.57. The fraction of sp³-hybridized carbons (Fsp3) is 0.650. The normalized spacial score (nSPS) is 47.3. The minimum Gasteiger partial charge on any atom is -0.355 e. The number of amides is 1. The van der Waals surface area contributed by atoms with Crippen LogP contribution in [0.25, 0.3) is 0 Å². The van der Waals surface area contributed by atoms with E-state index in [1.54, 1.807) is 0 Å². The molecule has 1 heterocycles. The molecular formula is C20H27NO. The Morgan fingerprint density at radius 2 is 1.95 bits per heavy atom. The van der Waals surface area contributed by atoms with E-state index in [0.717, 1.165) is 19.4 Å². The standard InChI is InChI=1S/C20H27NO/c1-12-13(2)17-15(19(3)9-6-5-7-14(12)19)8-10-20(4)16(17)11-21-18(20)22/h7,15-17H,1-2,5-6,8-11H2,3-4H3,(H,21,22)/t15-,16+,17-,19+,20+/m1/s1. The third kappa shape index (κ3) is 1.54. The van der Waals surface area contributed by atoms with Crippen LogP contribution in [-0.4, -0.2) is 12.5 Å². The van der Waals surface area contributed by atoms with E-state index in [-0.39, 0.29) is 16.7 Å². The van der Waals surface area contributed by atoms with Crippen molar-refractivity contribution in [3.63, 3.8) is 0 Å². The van der Waals surface area contributed by atoms with Crippen molar-refractivity contribution in [1.82, 2.24) is 5.32 Å². The van der Waals surface area contributed by atoms with Crippen molar-refractivity contribution in [2.75, 3.05) is 6.54 Å². The lowest BCUT2D eigenvalue weighted by atomic mass is 9.46. The maximum Gasteiger partial charge on any atom is 0.226 e. The fourth-order valence-electron chi connectivity index (χ4n) is 6.05. The third-order valence-corrected chi connectivity index (χ3v) is 7.46. The Hall–Kier alpha value is -1.31. The second kappa shape index (κ2) is 4.37. The second-order valence-electron chi connectivity index (χ2n) is 8.34. The molecule has 1 N–H and O–H groups in total. The van der Waals surface area contributed by atoms with E-state index in [0.29, 0.717) is 17.8 Å². The maximum absolute atomic E-state index is 12.4. The number of allylic oxidation sites excluding steroid dienone is 4. The molecule has 2 heteroatoms. The summed E-state index contributed by atoms with van der Waals surface area (Å²) in [6.45, 7) is 14.3. The number of fused-ring (bicyclic) bond motifs is 5. The summed E-state index contributed by atoms with van der Waals surface area (Å²) in [7, 11) is 0. The van der Waals surface area contributed by atoms with Crippen molar-refractivity contribution in [3.05, 3.63) is 36.0 Å². The zero-order valence-corrected chi connectivity index (χ0v) is 13.9. The van der Waals surface area contributed by atoms with Gasteiger partial charge in [0, 0.05) is 6.54 Å². The summed E-state index contributed by atoms with van der Waals surface area (Å²) < 4.78 is 0. The Morgan fingerprint density at radius 1 is 1.18 bits per heavy atom. The highest BCUT2D eigenvalue weighted by molar-refractivity contribution is 5.85. The van der Waals surface area contributed by atoms with Gasteiger partial charge in [-0.15, -0.1) is 0 Å². The molecule has 0 aromatic rings. The van der Waals surface area contributed by atoms with E-state index in [4.69, 9.17) is 0 Å². The lowest BCUT2D eigenvalue weighted by molar-refractivity contribution is -0.132. The monoisotopic (exact) mass is 297 g/mol. The summed E-state index contributed by atoms with van der Waals surface area (Å²) in [6.07, 6.45) is 8.30. The van der Waals surface area contributed by atoms with Crippen LogP contribution < -0.4 is 5.32 Å². The number of carbonyl (C=O) groups excluding carboxylic acids is 1. The van der Waals surface area contributed by atoms with E-state index in [1.165, 1.54) is 36.0 Å². The van der Waals surface area contributed by atoms with Gasteiger partial charge in [-0.05, 0) is 72.0 Å². The largest absolute Gasteiger partial charge is 0.355 e. The summed E-state index contributed by atoms with van der Waals surface area (Å²) >= 11 is 0. The molecule has 3 fully saturated rings. The number of hydrogen-bond donors (Lipinski definition) is 1. The predicted octanol–water partition coefficient (Wildman–Crippen LogP) is 4.01. The zero-order valence-electron chi connectivity index (χ0n) is 13.9. The molecule has 0 radical (unpaired) electrons. The van der Waals surface area contributed by atoms with Crippen LogP contribution in [0.4, 0.5) is 0 Å². The van der Waals surface area contributed by atoms with Crippen molar-refractivity contribution in [1.29, 1.82) is 0 Å². The summed E-state index contributed by atoms with van der Waals surface area (Å²) in [5.41, 5.74) is 3.89. The van der Waals surface area contributed by atoms with Crippen LogP contribution in [0.15, 0.2) is 36.0 Å². The van der Waals surface area contributed by atoms with Gasteiger partial charge in [0.15, 0.2) is 0 Å². The summed E-state index contributed by atoms with van der Waals surface area (Å²) in [5, 5.41) is 3.13. The van der Waals surface area contributed by atoms with Gasteiger partial charge in [-0.1, -0.05) is 33.1 Å². The van der Waals surface area contributed by atoms with E-state index in [9.17, 15) is 4.79 Å². The minimum atomic E-state index is -0.198. The first kappa shape index (κ1) is 14.3. The predicted molar refractivity (Wildman–Crippen MR) is 89.1 cm³/mol. The Kier molecular flexibility index (Phi) is 2.84. The number of hydrogen-bond acceptors (Lipinski definition) is 1. The molecule has 2 saturated carbocycles.